The molecule has 0 aromatic carbocycles. The van der Waals surface area contributed by atoms with Crippen molar-refractivity contribution in [2.24, 2.45) is 0 Å². The molecular formula is C2H2F6. The zero-order chi connectivity index (χ0) is 6.08. The molecule has 6 heteroatoms. The van der Waals surface area contributed by atoms with Crippen LogP contribution in [0.3, 0.4) is 0 Å². The molecule has 0 aliphatic carbocycles. The SMILES string of the molecule is F.FC(F)C(F)(F)F. The normalized spacial score (nSPS) is 11.2. The summed E-state index contributed by atoms with van der Waals surface area (Å²) in [4.78, 5) is 0. The van der Waals surface area contributed by atoms with Crippen molar-refractivity contribution in [1.29, 1.82) is 0 Å². The van der Waals surface area contributed by atoms with E-state index in [4.69, 9.17) is 0 Å². The van der Waals surface area contributed by atoms with E-state index >= 15 is 0 Å². The fraction of sp³-hybridized carbons (Fsp3) is 1.00. The molecule has 0 aromatic heterocycles. The van der Waals surface area contributed by atoms with Crippen LogP contribution in [0.1, 0.15) is 0 Å². The number of rotatable bonds is 0. The maximum absolute atomic E-state index is 10.4. The van der Waals surface area contributed by atoms with Crippen molar-refractivity contribution in [2.45, 2.75) is 12.6 Å². The van der Waals surface area contributed by atoms with Crippen LogP contribution in [0, 0.1) is 0 Å². The van der Waals surface area contributed by atoms with Crippen molar-refractivity contribution in [2.75, 3.05) is 0 Å². The first-order chi connectivity index (χ1) is 2.94. The molecule has 0 bridgehead atoms. The average Bonchev–Trinajstić information content (AvgIpc) is 1.31. The molecule has 0 atom stereocenters. The zero-order valence-corrected chi connectivity index (χ0v) is 3.38. The Balaban J connectivity index is 0. The Kier molecular flexibility index (Phi) is 3.67. The summed E-state index contributed by atoms with van der Waals surface area (Å²) >= 11 is 0. The Morgan fingerprint density at radius 1 is 1.00 bits per heavy atom. The van der Waals surface area contributed by atoms with Gasteiger partial charge in [0.2, 0.25) is 0 Å². The van der Waals surface area contributed by atoms with E-state index < -0.39 is 12.6 Å². The van der Waals surface area contributed by atoms with Gasteiger partial charge in [0.15, 0.2) is 0 Å². The quantitative estimate of drug-likeness (QED) is 0.451. The minimum Gasteiger partial charge on any atom is -0.269 e. The first-order valence-corrected chi connectivity index (χ1v) is 1.29. The molecule has 0 N–H and O–H groups in total. The number of halogens is 6. The highest BCUT2D eigenvalue weighted by Crippen LogP contribution is 2.22. The summed E-state index contributed by atoms with van der Waals surface area (Å²) < 4.78 is 52.1. The minimum absolute atomic E-state index is 0. The summed E-state index contributed by atoms with van der Waals surface area (Å²) in [5.74, 6) is 0. The first-order valence-electron chi connectivity index (χ1n) is 1.29. The van der Waals surface area contributed by atoms with Crippen molar-refractivity contribution in [3.05, 3.63) is 0 Å². The molecule has 8 heavy (non-hydrogen) atoms. The van der Waals surface area contributed by atoms with E-state index in [1.807, 2.05) is 0 Å². The van der Waals surface area contributed by atoms with E-state index in [-0.39, 0.29) is 4.70 Å². The van der Waals surface area contributed by atoms with Gasteiger partial charge in [-0.1, -0.05) is 0 Å². The van der Waals surface area contributed by atoms with Crippen molar-refractivity contribution in [3.8, 4) is 0 Å². The third kappa shape index (κ3) is 3.76. The first kappa shape index (κ1) is 10.5. The average molecular weight is 140 g/mol. The lowest BCUT2D eigenvalue weighted by Gasteiger charge is -2.00. The summed E-state index contributed by atoms with van der Waals surface area (Å²) in [6.07, 6.45) is -9.53. The molecule has 0 nitrogen and oxygen atoms in total. The summed E-state index contributed by atoms with van der Waals surface area (Å²) in [5.41, 5.74) is 0. The van der Waals surface area contributed by atoms with E-state index in [0.717, 1.165) is 0 Å². The topological polar surface area (TPSA) is 0 Å². The molecular weight excluding hydrogens is 138 g/mol. The molecule has 0 amide bonds. The Morgan fingerprint density at radius 2 is 1.12 bits per heavy atom. The van der Waals surface area contributed by atoms with Crippen molar-refractivity contribution >= 4 is 0 Å². The second-order valence-corrected chi connectivity index (χ2v) is 0.842. The van der Waals surface area contributed by atoms with Gasteiger partial charge in [-0.15, -0.1) is 0 Å². The van der Waals surface area contributed by atoms with Crippen LogP contribution in [0.5, 0.6) is 0 Å². The van der Waals surface area contributed by atoms with Gasteiger partial charge in [-0.05, 0) is 0 Å². The van der Waals surface area contributed by atoms with Gasteiger partial charge in [-0.2, -0.15) is 13.2 Å². The molecule has 0 radical (unpaired) electrons. The highest BCUT2D eigenvalue weighted by molar-refractivity contribution is 4.48. The highest BCUT2D eigenvalue weighted by Gasteiger charge is 2.40. The van der Waals surface area contributed by atoms with Crippen molar-refractivity contribution in [3.63, 3.8) is 0 Å². The third-order valence-electron chi connectivity index (χ3n) is 0.247. The lowest BCUT2D eigenvalue weighted by molar-refractivity contribution is -0.219. The van der Waals surface area contributed by atoms with E-state index in [2.05, 4.69) is 0 Å². The number of alkyl halides is 5. The van der Waals surface area contributed by atoms with Gasteiger partial charge in [0.1, 0.15) is 0 Å². The molecule has 0 heterocycles. The van der Waals surface area contributed by atoms with Crippen molar-refractivity contribution < 1.29 is 26.7 Å². The van der Waals surface area contributed by atoms with Gasteiger partial charge in [0.25, 0.3) is 0 Å². The van der Waals surface area contributed by atoms with E-state index in [0.29, 0.717) is 0 Å². The standard InChI is InChI=1S/C2HF5.FH/c3-1(4)2(5,6)7;/h1H;1H. The summed E-state index contributed by atoms with van der Waals surface area (Å²) in [6.45, 7) is 0. The van der Waals surface area contributed by atoms with Crippen molar-refractivity contribution in [1.82, 2.24) is 0 Å². The van der Waals surface area contributed by atoms with Crippen LogP contribution in [-0.4, -0.2) is 12.6 Å². The molecule has 0 spiro atoms. The molecule has 0 aromatic rings. The van der Waals surface area contributed by atoms with Gasteiger partial charge in [0.05, 0.1) is 0 Å². The Labute approximate surface area is 40.7 Å². The fourth-order valence-electron chi connectivity index (χ4n) is 0. The highest BCUT2D eigenvalue weighted by atomic mass is 19.4. The van der Waals surface area contributed by atoms with Gasteiger partial charge in [0, 0.05) is 0 Å². The predicted octanol–water partition coefficient (Wildman–Crippen LogP) is 1.97. The fourth-order valence-corrected chi connectivity index (χ4v) is 0. The maximum Gasteiger partial charge on any atom is 0.450 e. The summed E-state index contributed by atoms with van der Waals surface area (Å²) in [6, 6.07) is 0. The minimum atomic E-state index is -5.33. The second-order valence-electron chi connectivity index (χ2n) is 0.842. The van der Waals surface area contributed by atoms with Crippen LogP contribution in [0.25, 0.3) is 0 Å². The largest absolute Gasteiger partial charge is 0.450 e. The monoisotopic (exact) mass is 140 g/mol. The molecule has 0 aliphatic heterocycles. The second kappa shape index (κ2) is 2.78. The molecule has 0 aliphatic rings. The van der Waals surface area contributed by atoms with Crippen LogP contribution < -0.4 is 0 Å². The molecule has 0 rings (SSSR count). The predicted molar refractivity (Wildman–Crippen MR) is 14.6 cm³/mol. The lowest BCUT2D eigenvalue weighted by atomic mass is 10.7. The Morgan fingerprint density at radius 3 is 1.12 bits per heavy atom. The third-order valence-corrected chi connectivity index (χ3v) is 0.247. The zero-order valence-electron chi connectivity index (χ0n) is 3.38. The lowest BCUT2D eigenvalue weighted by Crippen LogP contribution is -2.18. The maximum atomic E-state index is 10.4. The van der Waals surface area contributed by atoms with Crippen LogP contribution in [-0.2, 0) is 0 Å². The smallest absolute Gasteiger partial charge is 0.269 e. The van der Waals surface area contributed by atoms with E-state index in [1.165, 1.54) is 0 Å². The summed E-state index contributed by atoms with van der Waals surface area (Å²) in [7, 11) is 0. The molecule has 52 valence electrons. The summed E-state index contributed by atoms with van der Waals surface area (Å²) in [5, 5.41) is 0. The van der Waals surface area contributed by atoms with Crippen LogP contribution in [0.4, 0.5) is 26.7 Å². The number of hydrogen-bond donors (Lipinski definition) is 0. The van der Waals surface area contributed by atoms with Crippen LogP contribution in [0.2, 0.25) is 0 Å². The molecule has 0 unspecified atom stereocenters. The molecule has 0 saturated carbocycles. The Hall–Kier alpha value is -0.420. The van der Waals surface area contributed by atoms with Gasteiger partial charge < -0.3 is 0 Å². The van der Waals surface area contributed by atoms with Gasteiger partial charge in [-0.3, -0.25) is 4.70 Å². The Bertz CT molecular complexity index is 52.0. The van der Waals surface area contributed by atoms with E-state index in [1.54, 1.807) is 0 Å². The number of hydrogen-bond acceptors (Lipinski definition) is 0. The molecule has 0 saturated heterocycles. The van der Waals surface area contributed by atoms with Crippen LogP contribution >= 0.6 is 0 Å². The van der Waals surface area contributed by atoms with Gasteiger partial charge in [-0.25, -0.2) is 8.78 Å². The molecule has 0 fully saturated rings. The van der Waals surface area contributed by atoms with Gasteiger partial charge >= 0.3 is 12.6 Å². The van der Waals surface area contributed by atoms with E-state index in [9.17, 15) is 22.0 Å². The van der Waals surface area contributed by atoms with Crippen LogP contribution in [0.15, 0.2) is 0 Å².